The summed E-state index contributed by atoms with van der Waals surface area (Å²) in [7, 11) is -3.62. The number of nitrogens with zero attached hydrogens (tertiary/aromatic N) is 4. The molecule has 0 fully saturated rings. The van der Waals surface area contributed by atoms with Crippen molar-refractivity contribution < 1.29 is 8.42 Å². The highest BCUT2D eigenvalue weighted by Gasteiger charge is 2.22. The van der Waals surface area contributed by atoms with Crippen molar-refractivity contribution in [3.63, 3.8) is 0 Å². The number of aromatic nitrogens is 5. The van der Waals surface area contributed by atoms with Crippen LogP contribution in [0.2, 0.25) is 0 Å². The molecule has 0 aliphatic rings. The van der Waals surface area contributed by atoms with Gasteiger partial charge < -0.3 is 0 Å². The van der Waals surface area contributed by atoms with Crippen molar-refractivity contribution in [2.45, 2.75) is 32.2 Å². The Morgan fingerprint density at radius 3 is 2.76 bits per heavy atom. The first-order valence-electron chi connectivity index (χ1n) is 6.20. The lowest BCUT2D eigenvalue weighted by atomic mass is 10.4. The second-order valence-corrected chi connectivity index (χ2v) is 7.53. The van der Waals surface area contributed by atoms with Crippen LogP contribution in [0, 0.1) is 20.8 Å². The van der Waals surface area contributed by atoms with Crippen molar-refractivity contribution >= 4 is 26.3 Å². The van der Waals surface area contributed by atoms with Gasteiger partial charge in [0.2, 0.25) is 15.0 Å². The summed E-state index contributed by atoms with van der Waals surface area (Å²) in [5, 5.41) is 11.7. The third-order valence-corrected chi connectivity index (χ3v) is 5.47. The van der Waals surface area contributed by atoms with Crippen LogP contribution in [0.3, 0.4) is 0 Å². The first-order chi connectivity index (χ1) is 9.87. The molecule has 21 heavy (non-hydrogen) atoms. The molecule has 10 heteroatoms. The van der Waals surface area contributed by atoms with Crippen LogP contribution in [0.4, 0.5) is 0 Å². The molecule has 0 amide bonds. The molecule has 8 nitrogen and oxygen atoms in total. The zero-order valence-corrected chi connectivity index (χ0v) is 13.3. The van der Waals surface area contributed by atoms with Gasteiger partial charge in [0.05, 0.1) is 29.8 Å². The average molecular weight is 326 g/mol. The standard InChI is InChI=1S/C11H14N6O2S2/c1-6-10(7(2)15-14-6)21(18,19)12-4-9-5-17-11(13-9)20-8(3)16-17/h5,12H,4H2,1-3H3,(H,14,15). The van der Waals surface area contributed by atoms with E-state index in [9.17, 15) is 8.42 Å². The summed E-state index contributed by atoms with van der Waals surface area (Å²) in [6.07, 6.45) is 1.72. The first-order valence-corrected chi connectivity index (χ1v) is 8.50. The lowest BCUT2D eigenvalue weighted by Gasteiger charge is -2.05. The fraction of sp³-hybridized carbons (Fsp3) is 0.364. The van der Waals surface area contributed by atoms with E-state index in [4.69, 9.17) is 0 Å². The third-order valence-electron chi connectivity index (χ3n) is 2.97. The number of fused-ring (bicyclic) bond motifs is 1. The molecule has 0 unspecified atom stereocenters. The molecule has 0 saturated heterocycles. The average Bonchev–Trinajstić information content (AvgIpc) is 3.00. The summed E-state index contributed by atoms with van der Waals surface area (Å²) in [6.45, 7) is 5.33. The van der Waals surface area contributed by atoms with Crippen molar-refractivity contribution in [2.24, 2.45) is 0 Å². The summed E-state index contributed by atoms with van der Waals surface area (Å²) in [6, 6.07) is 0. The molecule has 2 N–H and O–H groups in total. The quantitative estimate of drug-likeness (QED) is 0.741. The van der Waals surface area contributed by atoms with Gasteiger partial charge >= 0.3 is 0 Å². The molecular formula is C11H14N6O2S2. The maximum atomic E-state index is 12.3. The van der Waals surface area contributed by atoms with Crippen LogP contribution in [0.15, 0.2) is 11.1 Å². The van der Waals surface area contributed by atoms with E-state index in [-0.39, 0.29) is 11.4 Å². The number of aryl methyl sites for hydroxylation is 3. The van der Waals surface area contributed by atoms with Gasteiger partial charge in [-0.25, -0.2) is 22.6 Å². The van der Waals surface area contributed by atoms with Gasteiger partial charge in [-0.2, -0.15) is 10.2 Å². The second kappa shape index (κ2) is 4.90. The van der Waals surface area contributed by atoms with Gasteiger partial charge in [-0.3, -0.25) is 5.10 Å². The van der Waals surface area contributed by atoms with Gasteiger partial charge in [-0.05, 0) is 20.8 Å². The van der Waals surface area contributed by atoms with E-state index < -0.39 is 10.0 Å². The van der Waals surface area contributed by atoms with Crippen LogP contribution in [-0.2, 0) is 16.6 Å². The zero-order chi connectivity index (χ0) is 15.2. The van der Waals surface area contributed by atoms with Gasteiger partial charge in [-0.15, -0.1) is 0 Å². The molecular weight excluding hydrogens is 312 g/mol. The van der Waals surface area contributed by atoms with Crippen molar-refractivity contribution in [1.82, 2.24) is 29.5 Å². The van der Waals surface area contributed by atoms with E-state index in [0.29, 0.717) is 17.1 Å². The van der Waals surface area contributed by atoms with E-state index in [1.54, 1.807) is 24.6 Å². The zero-order valence-electron chi connectivity index (χ0n) is 11.7. The van der Waals surface area contributed by atoms with E-state index in [0.717, 1.165) is 9.97 Å². The maximum absolute atomic E-state index is 12.3. The fourth-order valence-electron chi connectivity index (χ4n) is 2.11. The Morgan fingerprint density at radius 1 is 1.38 bits per heavy atom. The Hall–Kier alpha value is -1.78. The van der Waals surface area contributed by atoms with E-state index >= 15 is 0 Å². The van der Waals surface area contributed by atoms with E-state index in [1.807, 2.05) is 6.92 Å². The predicted octanol–water partition coefficient (Wildman–Crippen LogP) is 0.918. The molecule has 3 aromatic heterocycles. The number of H-pyrrole nitrogens is 1. The number of hydrogen-bond acceptors (Lipinski definition) is 6. The van der Waals surface area contributed by atoms with E-state index in [2.05, 4.69) is 25.0 Å². The Bertz CT molecular complexity index is 854. The molecule has 0 aliphatic heterocycles. The number of rotatable bonds is 4. The molecule has 112 valence electrons. The monoisotopic (exact) mass is 326 g/mol. The molecule has 0 bridgehead atoms. The number of aromatic amines is 1. The van der Waals surface area contributed by atoms with E-state index in [1.165, 1.54) is 11.3 Å². The molecule has 0 atom stereocenters. The van der Waals surface area contributed by atoms with Crippen LogP contribution in [0.25, 0.3) is 4.96 Å². The van der Waals surface area contributed by atoms with Crippen molar-refractivity contribution in [3.8, 4) is 0 Å². The Morgan fingerprint density at radius 2 is 2.14 bits per heavy atom. The van der Waals surface area contributed by atoms with Crippen LogP contribution in [-0.4, -0.2) is 33.2 Å². The molecule has 0 aliphatic carbocycles. The van der Waals surface area contributed by atoms with Gasteiger partial charge in [0.1, 0.15) is 9.90 Å². The summed E-state index contributed by atoms with van der Waals surface area (Å²) in [5.41, 5.74) is 1.59. The largest absolute Gasteiger partial charge is 0.281 e. The smallest absolute Gasteiger partial charge is 0.244 e. The highest BCUT2D eigenvalue weighted by molar-refractivity contribution is 7.89. The summed E-state index contributed by atoms with van der Waals surface area (Å²) < 4.78 is 28.8. The maximum Gasteiger partial charge on any atom is 0.244 e. The Kier molecular flexibility index (Phi) is 3.30. The van der Waals surface area contributed by atoms with Crippen molar-refractivity contribution in [2.75, 3.05) is 0 Å². The molecule has 3 rings (SSSR count). The van der Waals surface area contributed by atoms with Crippen LogP contribution in [0.1, 0.15) is 22.1 Å². The predicted molar refractivity (Wildman–Crippen MR) is 77.7 cm³/mol. The second-order valence-electron chi connectivity index (χ2n) is 4.67. The number of nitrogens with one attached hydrogen (secondary N) is 2. The molecule has 0 radical (unpaired) electrons. The minimum absolute atomic E-state index is 0.113. The Balaban J connectivity index is 1.81. The third kappa shape index (κ3) is 2.57. The number of sulfonamides is 1. The van der Waals surface area contributed by atoms with Gasteiger partial charge in [0, 0.05) is 0 Å². The topological polar surface area (TPSA) is 105 Å². The SMILES string of the molecule is Cc1nn2cc(CNS(=O)(=O)c3c(C)n[nH]c3C)nc2s1. The van der Waals surface area contributed by atoms with Crippen LogP contribution >= 0.6 is 11.3 Å². The highest BCUT2D eigenvalue weighted by Crippen LogP contribution is 2.17. The van der Waals surface area contributed by atoms with Crippen molar-refractivity contribution in [3.05, 3.63) is 28.3 Å². The fourth-order valence-corrected chi connectivity index (χ4v) is 4.22. The molecule has 0 spiro atoms. The first kappa shape index (κ1) is 14.2. The molecule has 3 heterocycles. The normalized spacial score (nSPS) is 12.3. The lowest BCUT2D eigenvalue weighted by Crippen LogP contribution is -2.24. The van der Waals surface area contributed by atoms with Gasteiger partial charge in [-0.1, -0.05) is 11.3 Å². The molecule has 0 aromatic carbocycles. The summed E-state index contributed by atoms with van der Waals surface area (Å²) in [4.78, 5) is 5.27. The lowest BCUT2D eigenvalue weighted by molar-refractivity contribution is 0.579. The van der Waals surface area contributed by atoms with Gasteiger partial charge in [0.25, 0.3) is 0 Å². The van der Waals surface area contributed by atoms with Crippen molar-refractivity contribution in [1.29, 1.82) is 0 Å². The Labute approximate surface area is 125 Å². The van der Waals surface area contributed by atoms with Crippen LogP contribution < -0.4 is 4.72 Å². The minimum atomic E-state index is -3.62. The molecule has 0 saturated carbocycles. The van der Waals surface area contributed by atoms with Gasteiger partial charge in [0.15, 0.2) is 0 Å². The minimum Gasteiger partial charge on any atom is -0.281 e. The number of hydrogen-bond donors (Lipinski definition) is 2. The number of imidazole rings is 1. The van der Waals surface area contributed by atoms with Crippen LogP contribution in [0.5, 0.6) is 0 Å². The molecule has 3 aromatic rings. The summed E-state index contributed by atoms with van der Waals surface area (Å²) >= 11 is 1.46. The summed E-state index contributed by atoms with van der Waals surface area (Å²) in [5.74, 6) is 0. The highest BCUT2D eigenvalue weighted by atomic mass is 32.2.